The Hall–Kier alpha value is -1.77. The molecule has 2 heterocycles. The van der Waals surface area contributed by atoms with Crippen molar-refractivity contribution in [3.05, 3.63) is 40.1 Å². The minimum atomic E-state index is -0.113. The maximum absolute atomic E-state index is 13.3. The average Bonchev–Trinajstić information content (AvgIpc) is 3.17. The van der Waals surface area contributed by atoms with Crippen LogP contribution < -0.4 is 4.90 Å². The highest BCUT2D eigenvalue weighted by Crippen LogP contribution is 2.31. The predicted molar refractivity (Wildman–Crippen MR) is 115 cm³/mol. The summed E-state index contributed by atoms with van der Waals surface area (Å²) in [6.45, 7) is 7.39. The van der Waals surface area contributed by atoms with Crippen molar-refractivity contribution in [3.8, 4) is 0 Å². The molecule has 0 atom stereocenters. The molecule has 0 aliphatic heterocycles. The van der Waals surface area contributed by atoms with Gasteiger partial charge in [0.15, 0.2) is 10.8 Å². The molecule has 3 aromatic rings. The number of amides is 1. The van der Waals surface area contributed by atoms with Crippen LogP contribution in [0.25, 0.3) is 10.2 Å². The molecule has 0 radical (unpaired) electrons. The van der Waals surface area contributed by atoms with Crippen LogP contribution in [0.3, 0.4) is 0 Å². The molecule has 1 aromatic carbocycles. The molecular weight excluding hydrogens is 426 g/mol. The summed E-state index contributed by atoms with van der Waals surface area (Å²) in [4.78, 5) is 21.8. The van der Waals surface area contributed by atoms with E-state index in [2.05, 4.69) is 39.8 Å². The van der Waals surface area contributed by atoms with Gasteiger partial charge in [-0.25, -0.2) is 4.98 Å². The number of carbonyl (C=O) groups excluding carboxylic acids is 1. The number of likely N-dealkylation sites (N-methyl/N-ethyl adjacent to an activating group) is 1. The molecule has 1 amide bonds. The van der Waals surface area contributed by atoms with E-state index in [0.29, 0.717) is 17.4 Å². The molecule has 144 valence electrons. The minimum absolute atomic E-state index is 0.113. The highest BCUT2D eigenvalue weighted by atomic mass is 79.9. The van der Waals surface area contributed by atoms with E-state index in [0.717, 1.165) is 26.9 Å². The first-order valence-corrected chi connectivity index (χ1v) is 10.5. The molecule has 0 saturated carbocycles. The molecule has 6 nitrogen and oxygen atoms in total. The van der Waals surface area contributed by atoms with Gasteiger partial charge in [-0.3, -0.25) is 14.4 Å². The number of rotatable bonds is 6. The fourth-order valence-electron chi connectivity index (χ4n) is 2.84. The van der Waals surface area contributed by atoms with E-state index in [1.807, 2.05) is 50.0 Å². The molecule has 0 spiro atoms. The van der Waals surface area contributed by atoms with Gasteiger partial charge in [-0.05, 0) is 59.1 Å². The SMILES string of the molecule is Cc1cc(C(=O)N(CCN(C)C)c2nc3ccc(Br)cc3s2)nn1C(C)C. The van der Waals surface area contributed by atoms with Gasteiger partial charge < -0.3 is 4.90 Å². The Bertz CT molecular complexity index is 962. The number of benzene rings is 1. The zero-order chi connectivity index (χ0) is 19.7. The second-order valence-corrected chi connectivity index (χ2v) is 9.00. The van der Waals surface area contributed by atoms with E-state index in [9.17, 15) is 4.79 Å². The van der Waals surface area contributed by atoms with Crippen molar-refractivity contribution in [2.24, 2.45) is 0 Å². The molecule has 0 aliphatic rings. The Labute approximate surface area is 171 Å². The summed E-state index contributed by atoms with van der Waals surface area (Å²) in [5.41, 5.74) is 2.33. The molecule has 0 fully saturated rings. The Kier molecular flexibility index (Phi) is 5.98. The van der Waals surface area contributed by atoms with Crippen LogP contribution >= 0.6 is 27.3 Å². The number of hydrogen-bond acceptors (Lipinski definition) is 5. The fourth-order valence-corrected chi connectivity index (χ4v) is 4.38. The van der Waals surface area contributed by atoms with Crippen molar-refractivity contribution < 1.29 is 4.79 Å². The van der Waals surface area contributed by atoms with E-state index < -0.39 is 0 Å². The fraction of sp³-hybridized carbons (Fsp3) is 0.421. The van der Waals surface area contributed by atoms with Gasteiger partial charge in [0.1, 0.15) is 0 Å². The highest BCUT2D eigenvalue weighted by molar-refractivity contribution is 9.10. The third kappa shape index (κ3) is 4.39. The third-order valence-electron chi connectivity index (χ3n) is 4.22. The van der Waals surface area contributed by atoms with Gasteiger partial charge in [0, 0.05) is 29.3 Å². The summed E-state index contributed by atoms with van der Waals surface area (Å²) in [6.07, 6.45) is 0. The zero-order valence-corrected chi connectivity index (χ0v) is 18.6. The van der Waals surface area contributed by atoms with Crippen molar-refractivity contribution in [1.29, 1.82) is 0 Å². The average molecular weight is 450 g/mol. The van der Waals surface area contributed by atoms with Gasteiger partial charge in [0.25, 0.3) is 5.91 Å². The summed E-state index contributed by atoms with van der Waals surface area (Å²) < 4.78 is 3.93. The van der Waals surface area contributed by atoms with E-state index in [-0.39, 0.29) is 11.9 Å². The Morgan fingerprint density at radius 1 is 1.26 bits per heavy atom. The first kappa shape index (κ1) is 20.0. The number of aryl methyl sites for hydroxylation is 1. The zero-order valence-electron chi connectivity index (χ0n) is 16.2. The quantitative estimate of drug-likeness (QED) is 0.560. The van der Waals surface area contributed by atoms with Gasteiger partial charge in [-0.15, -0.1) is 0 Å². The van der Waals surface area contributed by atoms with Crippen LogP contribution in [0.5, 0.6) is 0 Å². The predicted octanol–water partition coefficient (Wildman–Crippen LogP) is 4.35. The van der Waals surface area contributed by atoms with Crippen LogP contribution in [0.1, 0.15) is 36.1 Å². The molecule has 2 aromatic heterocycles. The molecule has 0 N–H and O–H groups in total. The lowest BCUT2D eigenvalue weighted by molar-refractivity contribution is 0.0979. The maximum Gasteiger partial charge on any atom is 0.280 e. The maximum atomic E-state index is 13.3. The number of carbonyl (C=O) groups is 1. The summed E-state index contributed by atoms with van der Waals surface area (Å²) in [7, 11) is 3.99. The van der Waals surface area contributed by atoms with Crippen LogP contribution in [0.4, 0.5) is 5.13 Å². The molecule has 0 unspecified atom stereocenters. The topological polar surface area (TPSA) is 54.3 Å². The summed E-state index contributed by atoms with van der Waals surface area (Å²) in [6, 6.07) is 8.02. The normalized spacial score (nSPS) is 11.7. The number of fused-ring (bicyclic) bond motifs is 1. The first-order chi connectivity index (χ1) is 12.8. The standard InChI is InChI=1S/C19H24BrN5OS/c1-12(2)25-13(3)10-16(22-25)18(26)24(9-8-23(4)5)19-21-15-7-6-14(20)11-17(15)27-19/h6-7,10-12H,8-9H2,1-5H3. The largest absolute Gasteiger partial charge is 0.308 e. The second-order valence-electron chi connectivity index (χ2n) is 7.08. The van der Waals surface area contributed by atoms with Crippen molar-refractivity contribution in [3.63, 3.8) is 0 Å². The van der Waals surface area contributed by atoms with E-state index >= 15 is 0 Å². The minimum Gasteiger partial charge on any atom is -0.308 e. The lowest BCUT2D eigenvalue weighted by atomic mass is 10.3. The number of halogens is 1. The van der Waals surface area contributed by atoms with Crippen LogP contribution in [-0.2, 0) is 0 Å². The van der Waals surface area contributed by atoms with E-state index in [1.165, 1.54) is 11.3 Å². The number of anilines is 1. The van der Waals surface area contributed by atoms with Crippen molar-refractivity contribution in [2.75, 3.05) is 32.1 Å². The third-order valence-corrected chi connectivity index (χ3v) is 5.75. The number of aromatic nitrogens is 3. The molecule has 3 rings (SSSR count). The van der Waals surface area contributed by atoms with E-state index in [1.54, 1.807) is 4.90 Å². The molecule has 8 heteroatoms. The van der Waals surface area contributed by atoms with Crippen LogP contribution in [0, 0.1) is 6.92 Å². The smallest absolute Gasteiger partial charge is 0.280 e. The Morgan fingerprint density at radius 2 is 2.00 bits per heavy atom. The van der Waals surface area contributed by atoms with Gasteiger partial charge >= 0.3 is 0 Å². The summed E-state index contributed by atoms with van der Waals surface area (Å²) in [5, 5.41) is 5.23. The lowest BCUT2D eigenvalue weighted by Gasteiger charge is -2.21. The van der Waals surface area contributed by atoms with Crippen molar-refractivity contribution in [2.45, 2.75) is 26.8 Å². The number of hydrogen-bond donors (Lipinski definition) is 0. The monoisotopic (exact) mass is 449 g/mol. The number of nitrogens with zero attached hydrogens (tertiary/aromatic N) is 5. The second kappa shape index (κ2) is 8.08. The summed E-state index contributed by atoms with van der Waals surface area (Å²) in [5.74, 6) is -0.113. The molecule has 0 saturated heterocycles. The molecular formula is C19H24BrN5OS. The summed E-state index contributed by atoms with van der Waals surface area (Å²) >= 11 is 5.02. The molecule has 27 heavy (non-hydrogen) atoms. The van der Waals surface area contributed by atoms with Crippen molar-refractivity contribution in [1.82, 2.24) is 19.7 Å². The highest BCUT2D eigenvalue weighted by Gasteiger charge is 2.24. The van der Waals surface area contributed by atoms with Gasteiger partial charge in [0.05, 0.1) is 10.2 Å². The Balaban J connectivity index is 1.98. The van der Waals surface area contributed by atoms with Crippen LogP contribution in [0.15, 0.2) is 28.7 Å². The van der Waals surface area contributed by atoms with E-state index in [4.69, 9.17) is 4.98 Å². The first-order valence-electron chi connectivity index (χ1n) is 8.85. The van der Waals surface area contributed by atoms with Gasteiger partial charge in [-0.2, -0.15) is 5.10 Å². The Morgan fingerprint density at radius 3 is 2.63 bits per heavy atom. The molecule has 0 bridgehead atoms. The lowest BCUT2D eigenvalue weighted by Crippen LogP contribution is -2.37. The van der Waals surface area contributed by atoms with Crippen LogP contribution in [-0.4, -0.2) is 52.8 Å². The van der Waals surface area contributed by atoms with Crippen LogP contribution in [0.2, 0.25) is 0 Å². The molecule has 0 aliphatic carbocycles. The van der Waals surface area contributed by atoms with Crippen molar-refractivity contribution >= 4 is 48.5 Å². The van der Waals surface area contributed by atoms with Gasteiger partial charge in [-0.1, -0.05) is 27.3 Å². The number of thiazole rings is 1. The van der Waals surface area contributed by atoms with Gasteiger partial charge in [0.2, 0.25) is 0 Å².